The minimum atomic E-state index is -4.57. The van der Waals surface area contributed by atoms with Crippen LogP contribution in [0.3, 0.4) is 0 Å². The van der Waals surface area contributed by atoms with E-state index in [1.807, 2.05) is 24.3 Å². The van der Waals surface area contributed by atoms with Crippen molar-refractivity contribution in [2.75, 3.05) is 29.5 Å². The molecule has 1 aliphatic heterocycles. The first kappa shape index (κ1) is 29.5. The van der Waals surface area contributed by atoms with Gasteiger partial charge in [-0.25, -0.2) is 4.98 Å². The van der Waals surface area contributed by atoms with Gasteiger partial charge in [-0.15, -0.1) is 0 Å². The summed E-state index contributed by atoms with van der Waals surface area (Å²) in [5, 5.41) is 12.4. The number of aromatic nitrogens is 2. The van der Waals surface area contributed by atoms with Crippen molar-refractivity contribution in [2.24, 2.45) is 5.92 Å². The monoisotopic (exact) mass is 615 g/mol. The van der Waals surface area contributed by atoms with Gasteiger partial charge in [0.2, 0.25) is 11.8 Å². The predicted molar refractivity (Wildman–Crippen MR) is 155 cm³/mol. The summed E-state index contributed by atoms with van der Waals surface area (Å²) in [6.07, 6.45) is 0.576. The first-order valence-electron chi connectivity index (χ1n) is 14.3. The van der Waals surface area contributed by atoms with Gasteiger partial charge in [-0.3, -0.25) is 18.9 Å². The number of oxazole rings is 1. The maximum atomic E-state index is 13.5. The highest BCUT2D eigenvalue weighted by atomic mass is 32.3. The van der Waals surface area contributed by atoms with Crippen molar-refractivity contribution in [3.05, 3.63) is 53.9 Å². The van der Waals surface area contributed by atoms with E-state index in [0.717, 1.165) is 36.9 Å². The van der Waals surface area contributed by atoms with Crippen molar-refractivity contribution in [3.8, 4) is 28.9 Å². The number of hydrogen-bond acceptors (Lipinski definition) is 8. The van der Waals surface area contributed by atoms with E-state index in [1.54, 1.807) is 0 Å². The van der Waals surface area contributed by atoms with Gasteiger partial charge in [-0.05, 0) is 49.9 Å². The van der Waals surface area contributed by atoms with Crippen molar-refractivity contribution in [3.63, 3.8) is 0 Å². The number of alkyl halides is 3. The normalized spacial score (nSPS) is 23.7. The molecular weight excluding hydrogens is 583 g/mol. The molecule has 0 spiro atoms. The number of hydrogen-bond donors (Lipinski definition) is 3. The van der Waals surface area contributed by atoms with Crippen LogP contribution in [0.5, 0.6) is 0 Å². The average molecular weight is 616 g/mol. The number of nitrogens with zero attached hydrogens (tertiary/aromatic N) is 4. The minimum absolute atomic E-state index is 0.0653. The van der Waals surface area contributed by atoms with E-state index in [-0.39, 0.29) is 17.5 Å². The molecule has 1 amide bonds. The summed E-state index contributed by atoms with van der Waals surface area (Å²) in [5.41, 5.74) is 0.229. The number of anilines is 1. The number of rotatable bonds is 6. The molecule has 3 aliphatic rings. The fraction of sp³-hybridized carbons (Fsp3) is 0.467. The molecule has 2 aromatic heterocycles. The maximum Gasteiger partial charge on any atom is 0.416 e. The third-order valence-electron chi connectivity index (χ3n) is 8.61. The van der Waals surface area contributed by atoms with Crippen LogP contribution in [-0.4, -0.2) is 55.1 Å². The molecule has 2 atom stereocenters. The van der Waals surface area contributed by atoms with Crippen LogP contribution in [0.15, 0.2) is 47.0 Å². The highest BCUT2D eigenvalue weighted by molar-refractivity contribution is 8.24. The molecule has 2 saturated carbocycles. The van der Waals surface area contributed by atoms with Crippen LogP contribution in [0.2, 0.25) is 0 Å². The topological polar surface area (TPSA) is 136 Å². The smallest absolute Gasteiger partial charge is 0.416 e. The maximum absolute atomic E-state index is 13.5. The summed E-state index contributed by atoms with van der Waals surface area (Å²) in [4.78, 5) is 24.3. The van der Waals surface area contributed by atoms with Gasteiger partial charge in [0.1, 0.15) is 22.7 Å². The van der Waals surface area contributed by atoms with Crippen LogP contribution < -0.4 is 10.2 Å². The number of nitriles is 1. The van der Waals surface area contributed by atoms with Crippen molar-refractivity contribution < 1.29 is 31.5 Å². The number of halogens is 3. The molecule has 13 heteroatoms. The molecule has 0 radical (unpaired) electrons. The van der Waals surface area contributed by atoms with E-state index in [9.17, 15) is 32.3 Å². The molecule has 3 heterocycles. The Hall–Kier alpha value is -3.60. The summed E-state index contributed by atoms with van der Waals surface area (Å²) in [7, 11) is -2.54. The Morgan fingerprint density at radius 1 is 1.12 bits per heavy atom. The molecule has 228 valence electrons. The summed E-state index contributed by atoms with van der Waals surface area (Å²) in [6.45, 7) is 1.01. The molecule has 9 nitrogen and oxygen atoms in total. The van der Waals surface area contributed by atoms with E-state index >= 15 is 0 Å². The Morgan fingerprint density at radius 2 is 1.81 bits per heavy atom. The van der Waals surface area contributed by atoms with E-state index < -0.39 is 39.7 Å². The zero-order chi connectivity index (χ0) is 30.4. The van der Waals surface area contributed by atoms with Crippen molar-refractivity contribution in [1.82, 2.24) is 15.3 Å². The number of nitrogens with one attached hydrogen (secondary N) is 1. The zero-order valence-corrected chi connectivity index (χ0v) is 24.1. The first-order chi connectivity index (χ1) is 20.5. The molecule has 0 bridgehead atoms. The highest BCUT2D eigenvalue weighted by Gasteiger charge is 2.47. The summed E-state index contributed by atoms with van der Waals surface area (Å²) in [5.74, 6) is -0.159. The number of carbonyl (C=O) groups excluding carboxylic acids is 1. The number of amides is 1. The molecule has 43 heavy (non-hydrogen) atoms. The summed E-state index contributed by atoms with van der Waals surface area (Å²) < 4.78 is 66.6. The van der Waals surface area contributed by atoms with Crippen molar-refractivity contribution in [1.29, 1.82) is 5.26 Å². The standard InChI is InChI=1S/C30H32F3N5O4S/c31-30(32,33)20-9-12-35-24(17-20)28-36-25(19-5-7-21(8-6-19)38-13-15-43(40,41)16-14-38)26(42-28)22-3-1-2-4-23(22)27(39)37-29(18-34)10-11-29/h5-9,12,17,22-23,40-41H,1-4,10-11,13-16H2,(H,37,39)/t22-,23-/m1/s1. The highest BCUT2D eigenvalue weighted by Crippen LogP contribution is 2.46. The lowest BCUT2D eigenvalue weighted by Gasteiger charge is -2.41. The Kier molecular flexibility index (Phi) is 7.64. The second-order valence-corrected chi connectivity index (χ2v) is 14.0. The van der Waals surface area contributed by atoms with Crippen LogP contribution in [0.25, 0.3) is 22.8 Å². The molecule has 0 unspecified atom stereocenters. The zero-order valence-electron chi connectivity index (χ0n) is 23.3. The molecule has 3 N–H and O–H groups in total. The third-order valence-corrected chi connectivity index (χ3v) is 10.3. The van der Waals surface area contributed by atoms with Crippen LogP contribution in [0, 0.1) is 17.2 Å². The minimum Gasteiger partial charge on any atom is -0.439 e. The van der Waals surface area contributed by atoms with E-state index in [2.05, 4.69) is 26.3 Å². The lowest BCUT2D eigenvalue weighted by molar-refractivity contribution is -0.137. The van der Waals surface area contributed by atoms with Gasteiger partial charge in [0.05, 0.1) is 23.1 Å². The SMILES string of the molecule is N#CC1(NC(=O)[C@@H]2CCCC[C@H]2c2oc(-c3cc(C(F)(F)F)ccn3)nc2-c2ccc(N3CCS(O)(O)CC3)cc2)CC1. The molecule has 3 aromatic rings. The number of carbonyl (C=O) groups is 1. The summed E-state index contributed by atoms with van der Waals surface area (Å²) >= 11 is 0. The lowest BCUT2D eigenvalue weighted by Crippen LogP contribution is -2.42. The second-order valence-electron chi connectivity index (χ2n) is 11.6. The Labute approximate surface area is 248 Å². The van der Waals surface area contributed by atoms with Gasteiger partial charge < -0.3 is 14.6 Å². The van der Waals surface area contributed by atoms with Crippen LogP contribution in [0.1, 0.15) is 55.8 Å². The third kappa shape index (κ3) is 6.23. The van der Waals surface area contributed by atoms with Gasteiger partial charge in [0, 0.05) is 42.4 Å². The lowest BCUT2D eigenvalue weighted by atomic mass is 9.76. The molecule has 6 rings (SSSR count). The average Bonchev–Trinajstić information content (AvgIpc) is 3.63. The molecular formula is C30H32F3N5O4S. The Bertz CT molecular complexity index is 1540. The van der Waals surface area contributed by atoms with Crippen LogP contribution in [0.4, 0.5) is 18.9 Å². The van der Waals surface area contributed by atoms with Gasteiger partial charge in [0.15, 0.2) is 0 Å². The predicted octanol–water partition coefficient (Wildman–Crippen LogP) is 6.44. The molecule has 1 saturated heterocycles. The van der Waals surface area contributed by atoms with E-state index in [0.29, 0.717) is 67.3 Å². The van der Waals surface area contributed by atoms with Crippen molar-refractivity contribution in [2.45, 2.75) is 56.2 Å². The fourth-order valence-electron chi connectivity index (χ4n) is 5.92. The van der Waals surface area contributed by atoms with Crippen LogP contribution in [-0.2, 0) is 11.0 Å². The molecule has 1 aromatic carbocycles. The first-order valence-corrected chi connectivity index (χ1v) is 16.2. The van der Waals surface area contributed by atoms with Gasteiger partial charge in [-0.1, -0.05) is 25.0 Å². The van der Waals surface area contributed by atoms with Gasteiger partial charge in [-0.2, -0.15) is 29.0 Å². The largest absolute Gasteiger partial charge is 0.439 e. The van der Waals surface area contributed by atoms with E-state index in [4.69, 9.17) is 4.42 Å². The molecule has 2 aliphatic carbocycles. The summed E-state index contributed by atoms with van der Waals surface area (Å²) in [6, 6.07) is 11.5. The fourth-order valence-corrected chi connectivity index (χ4v) is 7.14. The Morgan fingerprint density at radius 3 is 2.47 bits per heavy atom. The number of benzene rings is 1. The second kappa shape index (κ2) is 11.2. The number of pyridine rings is 1. The van der Waals surface area contributed by atoms with E-state index in [1.165, 1.54) is 0 Å². The Balaban J connectivity index is 1.37. The van der Waals surface area contributed by atoms with Crippen molar-refractivity contribution >= 4 is 22.2 Å². The molecule has 3 fully saturated rings. The van der Waals surface area contributed by atoms with Gasteiger partial charge >= 0.3 is 6.18 Å². The van der Waals surface area contributed by atoms with Gasteiger partial charge in [0.25, 0.3) is 0 Å². The quantitative estimate of drug-likeness (QED) is 0.288. The van der Waals surface area contributed by atoms with Crippen LogP contribution >= 0.6 is 10.6 Å².